The van der Waals surface area contributed by atoms with Gasteiger partial charge in [0.1, 0.15) is 11.5 Å². The van der Waals surface area contributed by atoms with Gasteiger partial charge in [0.25, 0.3) is 0 Å². The van der Waals surface area contributed by atoms with Crippen LogP contribution in [-0.4, -0.2) is 31.2 Å². The number of aryl methyl sites for hydroxylation is 1. The average molecular weight is 345 g/mol. The van der Waals surface area contributed by atoms with Crippen molar-refractivity contribution in [2.24, 2.45) is 0 Å². The molecule has 0 radical (unpaired) electrons. The van der Waals surface area contributed by atoms with Gasteiger partial charge in [-0.1, -0.05) is 39.3 Å². The van der Waals surface area contributed by atoms with Crippen LogP contribution < -0.4 is 10.0 Å². The molecule has 3 nitrogen and oxygen atoms in total. The minimum Gasteiger partial charge on any atom is -0.508 e. The second kappa shape index (κ2) is 8.50. The first-order chi connectivity index (χ1) is 11.4. The number of methoxy groups -OCH3 is 1. The van der Waals surface area contributed by atoms with Crippen LogP contribution in [0.25, 0.3) is 0 Å². The molecule has 0 aliphatic carbocycles. The second-order valence-corrected chi connectivity index (χ2v) is 7.95. The topological polar surface area (TPSA) is 32.7 Å². The van der Waals surface area contributed by atoms with Crippen molar-refractivity contribution < 1.29 is 9.84 Å². The Morgan fingerprint density at radius 1 is 1.17 bits per heavy atom. The minimum atomic E-state index is 0.295. The Hall–Kier alpha value is -1.57. The number of hydrogen-bond acceptors (Lipinski definition) is 3. The number of hydrogen-bond donors (Lipinski definition) is 1. The van der Waals surface area contributed by atoms with Gasteiger partial charge < -0.3 is 14.7 Å². The summed E-state index contributed by atoms with van der Waals surface area (Å²) >= 11 is 0. The van der Waals surface area contributed by atoms with Gasteiger partial charge in [-0.3, -0.25) is 0 Å². The Labute approximate surface area is 147 Å². The molecule has 1 N–H and O–H groups in total. The lowest BCUT2D eigenvalue weighted by Gasteiger charge is -2.21. The molecule has 2 unspecified atom stereocenters. The number of phenols is 1. The fourth-order valence-corrected chi connectivity index (χ4v) is 4.34. The van der Waals surface area contributed by atoms with Crippen LogP contribution in [0.5, 0.6) is 11.5 Å². The highest BCUT2D eigenvalue weighted by Crippen LogP contribution is 2.42. The number of ether oxygens (including phenoxy) is 1. The fourth-order valence-electron chi connectivity index (χ4n) is 2.86. The van der Waals surface area contributed by atoms with Crippen LogP contribution in [0.4, 0.5) is 0 Å². The number of aromatic hydroxyl groups is 1. The van der Waals surface area contributed by atoms with Crippen LogP contribution in [0, 0.1) is 6.92 Å². The first-order valence-corrected chi connectivity index (χ1v) is 9.40. The molecule has 0 aromatic heterocycles. The summed E-state index contributed by atoms with van der Waals surface area (Å²) in [4.78, 5) is 2.20. The van der Waals surface area contributed by atoms with E-state index in [0.29, 0.717) is 20.0 Å². The highest BCUT2D eigenvalue weighted by Gasteiger charge is 2.17. The highest BCUT2D eigenvalue weighted by atomic mass is 31.1. The molecular weight excluding hydrogens is 317 g/mol. The zero-order valence-electron chi connectivity index (χ0n) is 15.3. The number of phenolic OH excluding ortho intramolecular Hbond substituents is 1. The van der Waals surface area contributed by atoms with Gasteiger partial charge in [0, 0.05) is 17.8 Å². The van der Waals surface area contributed by atoms with Crippen molar-refractivity contribution >= 4 is 13.9 Å². The first-order valence-electron chi connectivity index (χ1n) is 8.32. The Bertz CT molecular complexity index is 685. The molecule has 0 saturated heterocycles. The molecule has 2 rings (SSSR count). The number of nitrogens with zero attached hydrogens (tertiary/aromatic N) is 1. The van der Waals surface area contributed by atoms with Crippen LogP contribution in [0.3, 0.4) is 0 Å². The van der Waals surface area contributed by atoms with Gasteiger partial charge in [0.05, 0.1) is 7.11 Å². The summed E-state index contributed by atoms with van der Waals surface area (Å²) in [5, 5.41) is 11.7. The molecule has 0 heterocycles. The molecule has 2 atom stereocenters. The lowest BCUT2D eigenvalue weighted by Crippen LogP contribution is -2.17. The minimum absolute atomic E-state index is 0.295. The van der Waals surface area contributed by atoms with E-state index < -0.39 is 0 Å². The lowest BCUT2D eigenvalue weighted by molar-refractivity contribution is 0.403. The van der Waals surface area contributed by atoms with Gasteiger partial charge in [-0.15, -0.1) is 0 Å². The van der Waals surface area contributed by atoms with E-state index >= 15 is 0 Å². The van der Waals surface area contributed by atoms with Gasteiger partial charge in [0.2, 0.25) is 0 Å². The molecule has 0 amide bonds. The summed E-state index contributed by atoms with van der Waals surface area (Å²) in [6.45, 7) is 5.25. The van der Waals surface area contributed by atoms with Crippen LogP contribution in [0.2, 0.25) is 0 Å². The Morgan fingerprint density at radius 3 is 2.54 bits per heavy atom. The molecule has 2 aromatic carbocycles. The molecule has 4 heteroatoms. The van der Waals surface area contributed by atoms with Crippen molar-refractivity contribution in [2.75, 3.05) is 21.2 Å². The molecule has 0 fully saturated rings. The van der Waals surface area contributed by atoms with Gasteiger partial charge in [0.15, 0.2) is 0 Å². The van der Waals surface area contributed by atoms with E-state index in [9.17, 15) is 5.11 Å². The van der Waals surface area contributed by atoms with Gasteiger partial charge in [-0.05, 0) is 56.5 Å². The van der Waals surface area contributed by atoms with E-state index in [0.717, 1.165) is 24.3 Å². The van der Waals surface area contributed by atoms with Crippen molar-refractivity contribution in [3.8, 4) is 11.5 Å². The summed E-state index contributed by atoms with van der Waals surface area (Å²) in [6.07, 6.45) is 0.981. The molecule has 0 saturated carbocycles. The summed E-state index contributed by atoms with van der Waals surface area (Å²) in [5.41, 5.74) is 3.94. The van der Waals surface area contributed by atoms with E-state index in [-0.39, 0.29) is 0 Å². The van der Waals surface area contributed by atoms with Crippen LogP contribution in [0.1, 0.15) is 35.7 Å². The summed E-state index contributed by atoms with van der Waals surface area (Å²) in [6, 6.07) is 12.2. The van der Waals surface area contributed by atoms with Crippen molar-refractivity contribution in [1.82, 2.24) is 4.90 Å². The van der Waals surface area contributed by atoms with Crippen molar-refractivity contribution in [1.29, 1.82) is 0 Å². The van der Waals surface area contributed by atoms with Crippen LogP contribution in [0.15, 0.2) is 36.4 Å². The predicted molar refractivity (Wildman–Crippen MR) is 104 cm³/mol. The zero-order valence-corrected chi connectivity index (χ0v) is 16.3. The van der Waals surface area contributed by atoms with Gasteiger partial charge >= 0.3 is 0 Å². The average Bonchev–Trinajstić information content (AvgIpc) is 2.54. The van der Waals surface area contributed by atoms with E-state index in [1.54, 1.807) is 19.2 Å². The number of benzene rings is 2. The Balaban J connectivity index is 2.34. The first kappa shape index (κ1) is 18.8. The van der Waals surface area contributed by atoms with E-state index in [1.165, 1.54) is 16.4 Å². The Morgan fingerprint density at radius 2 is 1.92 bits per heavy atom. The molecule has 2 aromatic rings. The second-order valence-electron chi connectivity index (χ2n) is 6.43. The lowest BCUT2D eigenvalue weighted by atomic mass is 10.1. The quantitative estimate of drug-likeness (QED) is 0.763. The van der Waals surface area contributed by atoms with Crippen LogP contribution in [-0.2, 0) is 6.54 Å². The molecular formula is C20H28NO2P. The Kier molecular flexibility index (Phi) is 6.65. The van der Waals surface area contributed by atoms with E-state index in [4.69, 9.17) is 4.74 Å². The third kappa shape index (κ3) is 4.72. The normalized spacial score (nSPS) is 12.9. The SMILES string of the molecule is CCC(Pc1ccc(C)cc1CN(C)C)c1cc(OC)ccc1O. The van der Waals surface area contributed by atoms with Crippen LogP contribution >= 0.6 is 8.58 Å². The van der Waals surface area contributed by atoms with Gasteiger partial charge in [-0.25, -0.2) is 0 Å². The maximum absolute atomic E-state index is 10.3. The van der Waals surface area contributed by atoms with Crippen molar-refractivity contribution in [3.05, 3.63) is 53.1 Å². The smallest absolute Gasteiger partial charge is 0.119 e. The maximum atomic E-state index is 10.3. The van der Waals surface area contributed by atoms with Crippen molar-refractivity contribution in [3.63, 3.8) is 0 Å². The highest BCUT2D eigenvalue weighted by molar-refractivity contribution is 7.47. The summed E-state index contributed by atoms with van der Waals surface area (Å²) in [5.74, 6) is 1.15. The maximum Gasteiger partial charge on any atom is 0.119 e. The summed E-state index contributed by atoms with van der Waals surface area (Å²) < 4.78 is 5.33. The predicted octanol–water partition coefficient (Wildman–Crippen LogP) is 4.23. The molecule has 24 heavy (non-hydrogen) atoms. The van der Waals surface area contributed by atoms with Crippen molar-refractivity contribution in [2.45, 2.75) is 32.5 Å². The van der Waals surface area contributed by atoms with Gasteiger partial charge in [-0.2, -0.15) is 0 Å². The largest absolute Gasteiger partial charge is 0.508 e. The fraction of sp³-hybridized carbons (Fsp3) is 0.400. The molecule has 0 spiro atoms. The van der Waals surface area contributed by atoms with E-state index in [1.807, 2.05) is 6.07 Å². The zero-order chi connectivity index (χ0) is 17.7. The monoisotopic (exact) mass is 345 g/mol. The molecule has 0 bridgehead atoms. The number of rotatable bonds is 7. The molecule has 0 aliphatic rings. The molecule has 130 valence electrons. The third-order valence-electron chi connectivity index (χ3n) is 4.10. The standard InChI is InChI=1S/C20H28NO2P/c1-6-19(17-12-16(23-5)8-9-18(17)22)24-20-10-7-14(2)11-15(20)13-21(3)4/h7-12,19,22,24H,6,13H2,1-5H3. The van der Waals surface area contributed by atoms with E-state index in [2.05, 4.69) is 51.0 Å². The summed E-state index contributed by atoms with van der Waals surface area (Å²) in [7, 11) is 6.48. The third-order valence-corrected chi connectivity index (χ3v) is 5.96. The molecule has 0 aliphatic heterocycles.